The third kappa shape index (κ3) is 3.12. The molecular formula is C15H13N3O2. The molecule has 5 heteroatoms. The van der Waals surface area contributed by atoms with E-state index in [1.165, 1.54) is 6.08 Å². The molecule has 0 bridgehead atoms. The van der Waals surface area contributed by atoms with Crippen LogP contribution >= 0.6 is 0 Å². The summed E-state index contributed by atoms with van der Waals surface area (Å²) in [6, 6.07) is 11.4. The first kappa shape index (κ1) is 13.6. The number of nitriles is 1. The number of nitrogens with zero attached hydrogens (tertiary/aromatic N) is 3. The summed E-state index contributed by atoms with van der Waals surface area (Å²) < 4.78 is 6.47. The second kappa shape index (κ2) is 6.34. The van der Waals surface area contributed by atoms with Gasteiger partial charge in [0.2, 0.25) is 0 Å². The fourth-order valence-corrected chi connectivity index (χ4v) is 1.65. The molecule has 1 aromatic heterocycles. The molecular weight excluding hydrogens is 254 g/mol. The van der Waals surface area contributed by atoms with Gasteiger partial charge >= 0.3 is 5.97 Å². The molecule has 0 amide bonds. The molecule has 1 aromatic carbocycles. The number of rotatable bonds is 4. The van der Waals surface area contributed by atoms with Crippen LogP contribution in [0.2, 0.25) is 0 Å². The average Bonchev–Trinajstić information content (AvgIpc) is 2.94. The number of benzene rings is 1. The zero-order valence-electron chi connectivity index (χ0n) is 11.0. The molecule has 0 fully saturated rings. The van der Waals surface area contributed by atoms with E-state index in [0.29, 0.717) is 5.56 Å². The van der Waals surface area contributed by atoms with Crippen LogP contribution in [0.4, 0.5) is 0 Å². The zero-order chi connectivity index (χ0) is 14.4. The first-order chi connectivity index (χ1) is 9.74. The van der Waals surface area contributed by atoms with Crippen LogP contribution in [0.5, 0.6) is 0 Å². The number of carbonyl (C=O) groups is 1. The van der Waals surface area contributed by atoms with E-state index < -0.39 is 5.97 Å². The van der Waals surface area contributed by atoms with Crippen molar-refractivity contribution < 1.29 is 9.53 Å². The Balaban J connectivity index is 2.25. The quantitative estimate of drug-likeness (QED) is 0.484. The van der Waals surface area contributed by atoms with Crippen molar-refractivity contribution in [2.24, 2.45) is 0 Å². The van der Waals surface area contributed by atoms with Crippen LogP contribution in [0, 0.1) is 11.3 Å². The first-order valence-electron chi connectivity index (χ1n) is 6.13. The van der Waals surface area contributed by atoms with Crippen molar-refractivity contribution in [2.45, 2.75) is 6.92 Å². The summed E-state index contributed by atoms with van der Waals surface area (Å²) in [5.41, 5.74) is 1.53. The molecule has 0 radical (unpaired) electrons. The molecule has 2 rings (SSSR count). The Kier molecular flexibility index (Phi) is 4.30. The summed E-state index contributed by atoms with van der Waals surface area (Å²) >= 11 is 0. The van der Waals surface area contributed by atoms with Crippen LogP contribution in [0.3, 0.4) is 0 Å². The van der Waals surface area contributed by atoms with Gasteiger partial charge in [-0.05, 0) is 25.1 Å². The third-order valence-electron chi connectivity index (χ3n) is 2.55. The van der Waals surface area contributed by atoms with Gasteiger partial charge < -0.3 is 4.74 Å². The minimum absolute atomic E-state index is 0.0422. The minimum Gasteiger partial charge on any atom is -0.462 e. The molecule has 5 nitrogen and oxygen atoms in total. The van der Waals surface area contributed by atoms with E-state index in [9.17, 15) is 4.79 Å². The molecule has 0 atom stereocenters. The normalized spacial score (nSPS) is 10.9. The SMILES string of the molecule is CCOC(=O)/C(C#N)=C/c1cnn(-c2ccccc2)c1. The monoisotopic (exact) mass is 267 g/mol. The van der Waals surface area contributed by atoms with E-state index in [1.54, 1.807) is 24.0 Å². The average molecular weight is 267 g/mol. The molecule has 1 heterocycles. The largest absolute Gasteiger partial charge is 0.462 e. The highest BCUT2D eigenvalue weighted by Crippen LogP contribution is 2.11. The first-order valence-corrected chi connectivity index (χ1v) is 6.13. The second-order valence-corrected chi connectivity index (χ2v) is 3.94. The van der Waals surface area contributed by atoms with E-state index in [1.807, 2.05) is 36.4 Å². The lowest BCUT2D eigenvalue weighted by Gasteiger charge is -1.99. The maximum Gasteiger partial charge on any atom is 0.348 e. The highest BCUT2D eigenvalue weighted by molar-refractivity contribution is 5.97. The molecule has 20 heavy (non-hydrogen) atoms. The number of hydrogen-bond donors (Lipinski definition) is 0. The standard InChI is InChI=1S/C15H13N3O2/c1-2-20-15(19)13(9-16)8-12-10-17-18(11-12)14-6-4-3-5-7-14/h3-8,10-11H,2H2,1H3/b13-8+. The van der Waals surface area contributed by atoms with Crippen molar-refractivity contribution >= 4 is 12.0 Å². The van der Waals surface area contributed by atoms with Gasteiger partial charge in [-0.15, -0.1) is 0 Å². The van der Waals surface area contributed by atoms with Crippen LogP contribution in [0.1, 0.15) is 12.5 Å². The second-order valence-electron chi connectivity index (χ2n) is 3.94. The predicted molar refractivity (Wildman–Crippen MR) is 73.8 cm³/mol. The Hall–Kier alpha value is -2.87. The highest BCUT2D eigenvalue weighted by atomic mass is 16.5. The van der Waals surface area contributed by atoms with Crippen LogP contribution in [-0.4, -0.2) is 22.4 Å². The third-order valence-corrected chi connectivity index (χ3v) is 2.55. The summed E-state index contributed by atoms with van der Waals surface area (Å²) in [5, 5.41) is 13.2. The van der Waals surface area contributed by atoms with Crippen molar-refractivity contribution in [3.05, 3.63) is 53.9 Å². The summed E-state index contributed by atoms with van der Waals surface area (Å²) in [7, 11) is 0. The Morgan fingerprint density at radius 3 is 2.85 bits per heavy atom. The molecule has 0 saturated heterocycles. The molecule has 0 aliphatic rings. The van der Waals surface area contributed by atoms with E-state index >= 15 is 0 Å². The van der Waals surface area contributed by atoms with Gasteiger partial charge in [0.25, 0.3) is 0 Å². The number of para-hydroxylation sites is 1. The Bertz CT molecular complexity index is 666. The van der Waals surface area contributed by atoms with Crippen LogP contribution < -0.4 is 0 Å². The van der Waals surface area contributed by atoms with Crippen molar-refractivity contribution in [2.75, 3.05) is 6.61 Å². The smallest absolute Gasteiger partial charge is 0.348 e. The van der Waals surface area contributed by atoms with Crippen LogP contribution in [0.15, 0.2) is 48.3 Å². The molecule has 0 unspecified atom stereocenters. The topological polar surface area (TPSA) is 67.9 Å². The van der Waals surface area contributed by atoms with Crippen molar-refractivity contribution in [3.63, 3.8) is 0 Å². The van der Waals surface area contributed by atoms with Gasteiger partial charge in [0.05, 0.1) is 18.5 Å². The summed E-state index contributed by atoms with van der Waals surface area (Å²) in [5.74, 6) is -0.623. The van der Waals surface area contributed by atoms with Gasteiger partial charge in [-0.25, -0.2) is 9.48 Å². The summed E-state index contributed by atoms with van der Waals surface area (Å²) in [6.45, 7) is 1.93. The number of aromatic nitrogens is 2. The Labute approximate surface area is 116 Å². The Morgan fingerprint density at radius 2 is 2.20 bits per heavy atom. The van der Waals surface area contributed by atoms with E-state index in [2.05, 4.69) is 5.10 Å². The van der Waals surface area contributed by atoms with Gasteiger partial charge in [0.1, 0.15) is 11.6 Å². The summed E-state index contributed by atoms with van der Waals surface area (Å²) in [6.07, 6.45) is 4.79. The lowest BCUT2D eigenvalue weighted by molar-refractivity contribution is -0.137. The number of ether oxygens (including phenoxy) is 1. The number of esters is 1. The van der Waals surface area contributed by atoms with Crippen LogP contribution in [-0.2, 0) is 9.53 Å². The molecule has 0 aliphatic carbocycles. The molecule has 100 valence electrons. The van der Waals surface area contributed by atoms with E-state index in [4.69, 9.17) is 10.00 Å². The fraction of sp³-hybridized carbons (Fsp3) is 0.133. The van der Waals surface area contributed by atoms with Crippen molar-refractivity contribution in [3.8, 4) is 11.8 Å². The van der Waals surface area contributed by atoms with E-state index in [-0.39, 0.29) is 12.2 Å². The maximum atomic E-state index is 11.5. The van der Waals surface area contributed by atoms with Gasteiger partial charge in [0, 0.05) is 11.8 Å². The molecule has 0 aliphatic heterocycles. The fourth-order valence-electron chi connectivity index (χ4n) is 1.65. The minimum atomic E-state index is -0.623. The molecule has 0 spiro atoms. The lowest BCUT2D eigenvalue weighted by Crippen LogP contribution is -2.05. The summed E-state index contributed by atoms with van der Waals surface area (Å²) in [4.78, 5) is 11.5. The lowest BCUT2D eigenvalue weighted by atomic mass is 10.2. The van der Waals surface area contributed by atoms with Crippen LogP contribution in [0.25, 0.3) is 11.8 Å². The number of carbonyl (C=O) groups excluding carboxylic acids is 1. The Morgan fingerprint density at radius 1 is 1.45 bits per heavy atom. The molecule has 0 saturated carbocycles. The van der Waals surface area contributed by atoms with Gasteiger partial charge in [-0.1, -0.05) is 18.2 Å². The maximum absolute atomic E-state index is 11.5. The predicted octanol–water partition coefficient (Wildman–Crippen LogP) is 2.34. The van der Waals surface area contributed by atoms with Crippen molar-refractivity contribution in [1.29, 1.82) is 5.26 Å². The van der Waals surface area contributed by atoms with Gasteiger partial charge in [-0.2, -0.15) is 10.4 Å². The molecule has 2 aromatic rings. The number of hydrogen-bond acceptors (Lipinski definition) is 4. The van der Waals surface area contributed by atoms with E-state index in [0.717, 1.165) is 5.69 Å². The molecule has 0 N–H and O–H groups in total. The van der Waals surface area contributed by atoms with Gasteiger partial charge in [-0.3, -0.25) is 0 Å². The highest BCUT2D eigenvalue weighted by Gasteiger charge is 2.10. The zero-order valence-corrected chi connectivity index (χ0v) is 11.0. The van der Waals surface area contributed by atoms with Crippen molar-refractivity contribution in [1.82, 2.24) is 9.78 Å². The van der Waals surface area contributed by atoms with Gasteiger partial charge in [0.15, 0.2) is 0 Å².